The molecule has 1 aliphatic carbocycles. The maximum atomic E-state index is 13.8. The second kappa shape index (κ2) is 19.8. The minimum Gasteiger partial charge on any atom is -0.456 e. The molecule has 0 saturated carbocycles. The number of amides is 1. The third-order valence-corrected chi connectivity index (χ3v) is 13.8. The van der Waals surface area contributed by atoms with Crippen LogP contribution in [-0.4, -0.2) is 113 Å². The minimum absolute atomic E-state index is 0.0361. The van der Waals surface area contributed by atoms with Gasteiger partial charge in [0.1, 0.15) is 17.2 Å². The molecule has 2 saturated heterocycles. The summed E-state index contributed by atoms with van der Waals surface area (Å²) in [7, 11) is -2.45. The van der Waals surface area contributed by atoms with E-state index in [0.29, 0.717) is 17.3 Å². The molecule has 2 fully saturated rings. The van der Waals surface area contributed by atoms with Crippen molar-refractivity contribution in [2.45, 2.75) is 44.4 Å². The van der Waals surface area contributed by atoms with Gasteiger partial charge in [0.05, 0.1) is 15.4 Å². The molecule has 0 unspecified atom stereocenters. The highest BCUT2D eigenvalue weighted by atomic mass is 35.5. The molecule has 0 radical (unpaired) electrons. The van der Waals surface area contributed by atoms with Crippen molar-refractivity contribution >= 4 is 61.8 Å². The highest BCUT2D eigenvalue weighted by Gasteiger charge is 2.30. The second-order valence-corrected chi connectivity index (χ2v) is 19.8. The lowest BCUT2D eigenvalue weighted by atomic mass is 9.72. The van der Waals surface area contributed by atoms with Gasteiger partial charge in [-0.05, 0) is 110 Å². The number of nitrogens with zero attached hydrogens (tertiary/aromatic N) is 5. The smallest absolute Gasteiger partial charge is 0.293 e. The van der Waals surface area contributed by atoms with E-state index in [1.54, 1.807) is 36.4 Å². The molecule has 2 N–H and O–H groups in total. The summed E-state index contributed by atoms with van der Waals surface area (Å²) in [6, 6.07) is 23.5. The Balaban J connectivity index is 1.04. The molecule has 4 aromatic carbocycles. The Kier molecular flexibility index (Phi) is 14.5. The van der Waals surface area contributed by atoms with E-state index in [-0.39, 0.29) is 22.4 Å². The van der Waals surface area contributed by atoms with Gasteiger partial charge in [0.2, 0.25) is 0 Å². The fraction of sp³-hybridized carbons (Fsp3) is 0.413. The molecular formula is C46H55Cl2N7O6S. The number of carbonyl (C=O) groups excluding carboxylic acids is 1. The van der Waals surface area contributed by atoms with Gasteiger partial charge in [0.25, 0.3) is 21.6 Å². The third-order valence-electron chi connectivity index (χ3n) is 12.0. The molecule has 0 aromatic heterocycles. The van der Waals surface area contributed by atoms with Crippen LogP contribution in [0.2, 0.25) is 10.0 Å². The quantitative estimate of drug-likeness (QED) is 0.0673. The Hall–Kier alpha value is -4.70. The average Bonchev–Trinajstić information content (AvgIpc) is 3.24. The van der Waals surface area contributed by atoms with Gasteiger partial charge in [0, 0.05) is 93.3 Å². The van der Waals surface area contributed by atoms with E-state index in [2.05, 4.69) is 62.7 Å². The van der Waals surface area contributed by atoms with Gasteiger partial charge in [-0.25, -0.2) is 13.1 Å². The monoisotopic (exact) mass is 903 g/mol. The van der Waals surface area contributed by atoms with Crippen LogP contribution in [0.1, 0.15) is 55.5 Å². The van der Waals surface area contributed by atoms with Gasteiger partial charge in [-0.15, -0.1) is 0 Å². The predicted octanol–water partition coefficient (Wildman–Crippen LogP) is 8.65. The zero-order valence-electron chi connectivity index (χ0n) is 35.5. The zero-order chi connectivity index (χ0) is 44.0. The molecule has 1 amide bonds. The number of rotatable bonds is 15. The fourth-order valence-corrected chi connectivity index (χ4v) is 9.64. The maximum Gasteiger partial charge on any atom is 0.293 e. The SMILES string of the molecule is CN1CCN(CCCNc2ccc(S(=O)(=O)NC(=O)c3ccc(N4CCN(CC5=C(c6ccc(Cl)cc6)CC(C)(C)CC5)CC4)cc3Oc3cccc(Cl)c3)cc2[N+](=O)[O-])CC1. The summed E-state index contributed by atoms with van der Waals surface area (Å²) in [5.74, 6) is -0.462. The van der Waals surface area contributed by atoms with E-state index < -0.39 is 31.4 Å². The minimum atomic E-state index is -4.54. The van der Waals surface area contributed by atoms with E-state index in [9.17, 15) is 23.3 Å². The van der Waals surface area contributed by atoms with Crippen LogP contribution in [0.25, 0.3) is 5.57 Å². The Labute approximate surface area is 374 Å². The molecule has 3 aliphatic rings. The second-order valence-electron chi connectivity index (χ2n) is 17.2. The van der Waals surface area contributed by atoms with Crippen molar-refractivity contribution in [1.29, 1.82) is 0 Å². The fourth-order valence-electron chi connectivity index (χ4n) is 8.35. The molecular weight excluding hydrogens is 850 g/mol. The van der Waals surface area contributed by atoms with Crippen molar-refractivity contribution < 1.29 is 22.9 Å². The summed E-state index contributed by atoms with van der Waals surface area (Å²) >= 11 is 12.5. The number of benzene rings is 4. The average molecular weight is 905 g/mol. The van der Waals surface area contributed by atoms with Gasteiger partial charge in [-0.2, -0.15) is 0 Å². The molecule has 62 heavy (non-hydrogen) atoms. The number of anilines is 2. The number of hydrogen-bond acceptors (Lipinski definition) is 11. The Morgan fingerprint density at radius 2 is 1.60 bits per heavy atom. The topological polar surface area (TPSA) is 141 Å². The van der Waals surface area contributed by atoms with E-state index >= 15 is 0 Å². The van der Waals surface area contributed by atoms with Crippen molar-refractivity contribution in [2.75, 3.05) is 89.3 Å². The summed E-state index contributed by atoms with van der Waals surface area (Å²) < 4.78 is 35.6. The van der Waals surface area contributed by atoms with Crippen LogP contribution in [-0.2, 0) is 10.0 Å². The summed E-state index contributed by atoms with van der Waals surface area (Å²) in [6.45, 7) is 13.9. The molecule has 0 atom stereocenters. The predicted molar refractivity (Wildman–Crippen MR) is 247 cm³/mol. The molecule has 2 heterocycles. The third kappa shape index (κ3) is 11.7. The molecule has 330 valence electrons. The van der Waals surface area contributed by atoms with E-state index in [0.717, 1.165) is 108 Å². The Morgan fingerprint density at radius 1 is 0.871 bits per heavy atom. The number of nitrogens with one attached hydrogen (secondary N) is 2. The number of nitro benzene ring substituents is 1. The van der Waals surface area contributed by atoms with Gasteiger partial charge < -0.3 is 24.8 Å². The molecule has 0 spiro atoms. The van der Waals surface area contributed by atoms with Gasteiger partial charge in [0.15, 0.2) is 0 Å². The summed E-state index contributed by atoms with van der Waals surface area (Å²) in [5.41, 5.74) is 4.90. The van der Waals surface area contributed by atoms with Crippen LogP contribution in [0.3, 0.4) is 0 Å². The van der Waals surface area contributed by atoms with Crippen LogP contribution in [0, 0.1) is 15.5 Å². The van der Waals surface area contributed by atoms with Gasteiger partial charge >= 0.3 is 0 Å². The summed E-state index contributed by atoms with van der Waals surface area (Å²) in [5, 5.41) is 16.3. The first-order valence-electron chi connectivity index (χ1n) is 21.1. The standard InChI is InChI=1S/C46H55Cl2N7O6S/c1-46(2)17-16-34(41(31-46)33-8-10-35(47)11-9-33)32-53-24-26-54(27-25-53)37-12-14-40(44(29-37)61-38-7-4-6-36(48)28-38)45(56)50-62(59,60)39-13-15-42(43(30-39)55(57)58)49-18-5-19-52-22-20-51(3)21-23-52/h4,6-15,28-30,49H,5,16-27,31-32H2,1-3H3,(H,50,56). The molecule has 13 nitrogen and oxygen atoms in total. The molecule has 7 rings (SSSR count). The number of likely N-dealkylation sites (N-methyl/N-ethyl adjacent to an activating group) is 1. The van der Waals surface area contributed by atoms with E-state index in [1.165, 1.54) is 34.9 Å². The van der Waals surface area contributed by atoms with Crippen LogP contribution in [0.4, 0.5) is 17.1 Å². The number of hydrogen-bond donors (Lipinski definition) is 2. The number of halogens is 2. The lowest BCUT2D eigenvalue weighted by Gasteiger charge is -2.39. The van der Waals surface area contributed by atoms with Crippen LogP contribution in [0.15, 0.2) is 95.4 Å². The van der Waals surface area contributed by atoms with Crippen molar-refractivity contribution in [3.05, 3.63) is 122 Å². The van der Waals surface area contributed by atoms with Crippen LogP contribution in [0.5, 0.6) is 11.5 Å². The Morgan fingerprint density at radius 3 is 2.31 bits per heavy atom. The number of piperazine rings is 2. The Bertz CT molecular complexity index is 2400. The number of allylic oxidation sites excluding steroid dienone is 1. The summed E-state index contributed by atoms with van der Waals surface area (Å²) in [4.78, 5) is 34.2. The molecule has 0 bridgehead atoms. The van der Waals surface area contributed by atoms with E-state index in [4.69, 9.17) is 27.9 Å². The number of ether oxygens (including phenoxy) is 1. The van der Waals surface area contributed by atoms with Crippen LogP contribution < -0.4 is 19.7 Å². The molecule has 16 heteroatoms. The number of nitro groups is 1. The first kappa shape index (κ1) is 45.3. The lowest BCUT2D eigenvalue weighted by molar-refractivity contribution is -0.384. The van der Waals surface area contributed by atoms with Crippen molar-refractivity contribution in [2.24, 2.45) is 5.41 Å². The van der Waals surface area contributed by atoms with Crippen molar-refractivity contribution in [3.8, 4) is 11.5 Å². The molecule has 4 aromatic rings. The summed E-state index contributed by atoms with van der Waals surface area (Å²) in [6.07, 6.45) is 3.96. The van der Waals surface area contributed by atoms with Crippen molar-refractivity contribution in [3.63, 3.8) is 0 Å². The number of sulfonamides is 1. The normalized spacial score (nSPS) is 17.8. The van der Waals surface area contributed by atoms with Gasteiger partial charge in [-0.1, -0.05) is 60.8 Å². The maximum absolute atomic E-state index is 13.8. The van der Waals surface area contributed by atoms with Gasteiger partial charge in [-0.3, -0.25) is 19.8 Å². The lowest BCUT2D eigenvalue weighted by Crippen LogP contribution is -2.47. The van der Waals surface area contributed by atoms with Crippen molar-refractivity contribution in [1.82, 2.24) is 19.4 Å². The van der Waals surface area contributed by atoms with Crippen LogP contribution >= 0.6 is 23.2 Å². The zero-order valence-corrected chi connectivity index (χ0v) is 37.9. The number of carbonyl (C=O) groups is 1. The molecule has 2 aliphatic heterocycles. The first-order chi connectivity index (χ1) is 29.6. The van der Waals surface area contributed by atoms with E-state index in [1.807, 2.05) is 12.1 Å². The first-order valence-corrected chi connectivity index (χ1v) is 23.4. The largest absolute Gasteiger partial charge is 0.456 e. The highest BCUT2D eigenvalue weighted by Crippen LogP contribution is 2.43. The highest BCUT2D eigenvalue weighted by molar-refractivity contribution is 7.90.